The van der Waals surface area contributed by atoms with Crippen LogP contribution in [0.3, 0.4) is 0 Å². The molecule has 1 heterocycles. The molecule has 0 saturated carbocycles. The topological polar surface area (TPSA) is 96.7 Å². The summed E-state index contributed by atoms with van der Waals surface area (Å²) >= 11 is 0. The van der Waals surface area contributed by atoms with Gasteiger partial charge in [-0.2, -0.15) is 0 Å². The number of nitrogens with one attached hydrogen (secondary N) is 1. The fourth-order valence-electron chi connectivity index (χ4n) is 4.56. The number of para-hydroxylation sites is 1. The van der Waals surface area contributed by atoms with Crippen LogP contribution >= 0.6 is 0 Å². The zero-order valence-electron chi connectivity index (χ0n) is 22.7. The van der Waals surface area contributed by atoms with Crippen LogP contribution in [0.15, 0.2) is 94.6 Å². The Balaban J connectivity index is 1.60. The molecular formula is C29H33N5O4S. The van der Waals surface area contributed by atoms with Crippen molar-refractivity contribution in [3.63, 3.8) is 0 Å². The van der Waals surface area contributed by atoms with E-state index in [9.17, 15) is 18.0 Å². The predicted molar refractivity (Wildman–Crippen MR) is 153 cm³/mol. The molecule has 1 amide bonds. The number of rotatable bonds is 9. The van der Waals surface area contributed by atoms with Crippen molar-refractivity contribution in [3.05, 3.63) is 112 Å². The van der Waals surface area contributed by atoms with Gasteiger partial charge in [0, 0.05) is 26.2 Å². The maximum atomic E-state index is 13.6. The highest BCUT2D eigenvalue weighted by Gasteiger charge is 2.29. The van der Waals surface area contributed by atoms with Gasteiger partial charge in [-0.05, 0) is 56.9 Å². The summed E-state index contributed by atoms with van der Waals surface area (Å²) in [5.41, 5.74) is 1.95. The summed E-state index contributed by atoms with van der Waals surface area (Å²) in [5, 5.41) is 2.92. The summed E-state index contributed by atoms with van der Waals surface area (Å²) in [6, 6.07) is 24.6. The van der Waals surface area contributed by atoms with Gasteiger partial charge < -0.3 is 10.2 Å². The van der Waals surface area contributed by atoms with Gasteiger partial charge in [-0.1, -0.05) is 54.6 Å². The SMILES string of the molecule is Cc1c(N(C)S(=O)(=O)c2cccc(C(=O)NC[C@@H](c3ccccc3)N(C)C)c2)c(=O)n(-c2ccccc2)n1C. The summed E-state index contributed by atoms with van der Waals surface area (Å²) in [6.45, 7) is 2.04. The molecule has 0 radical (unpaired) electrons. The quantitative estimate of drug-likeness (QED) is 0.347. The number of sulfonamides is 1. The Morgan fingerprint density at radius 3 is 2.15 bits per heavy atom. The van der Waals surface area contributed by atoms with Gasteiger partial charge >= 0.3 is 0 Å². The lowest BCUT2D eigenvalue weighted by molar-refractivity contribution is 0.0941. The van der Waals surface area contributed by atoms with Gasteiger partial charge in [-0.3, -0.25) is 18.6 Å². The van der Waals surface area contributed by atoms with Crippen LogP contribution < -0.4 is 15.2 Å². The maximum Gasteiger partial charge on any atom is 0.296 e. The molecule has 4 rings (SSSR count). The smallest absolute Gasteiger partial charge is 0.296 e. The van der Waals surface area contributed by atoms with Crippen molar-refractivity contribution in [1.29, 1.82) is 0 Å². The largest absolute Gasteiger partial charge is 0.350 e. The molecule has 204 valence electrons. The van der Waals surface area contributed by atoms with E-state index in [-0.39, 0.29) is 28.1 Å². The van der Waals surface area contributed by atoms with E-state index in [1.807, 2.05) is 55.4 Å². The molecule has 0 unspecified atom stereocenters. The van der Waals surface area contributed by atoms with E-state index in [4.69, 9.17) is 0 Å². The van der Waals surface area contributed by atoms with Gasteiger partial charge in [0.05, 0.1) is 22.3 Å². The van der Waals surface area contributed by atoms with Crippen LogP contribution in [0, 0.1) is 6.92 Å². The van der Waals surface area contributed by atoms with E-state index in [2.05, 4.69) is 5.32 Å². The van der Waals surface area contributed by atoms with Crippen LogP contribution in [0.1, 0.15) is 27.7 Å². The van der Waals surface area contributed by atoms with Crippen LogP contribution in [0.25, 0.3) is 5.69 Å². The molecule has 10 heteroatoms. The van der Waals surface area contributed by atoms with Gasteiger partial charge in [-0.25, -0.2) is 13.1 Å². The molecule has 0 aliphatic rings. The minimum absolute atomic E-state index is 0.0351. The van der Waals surface area contributed by atoms with E-state index < -0.39 is 15.6 Å². The highest BCUT2D eigenvalue weighted by Crippen LogP contribution is 2.25. The average Bonchev–Trinajstić information content (AvgIpc) is 3.16. The lowest BCUT2D eigenvalue weighted by Crippen LogP contribution is -2.35. The Kier molecular flexibility index (Phi) is 8.08. The number of aromatic nitrogens is 2. The summed E-state index contributed by atoms with van der Waals surface area (Å²) in [7, 11) is 2.77. The lowest BCUT2D eigenvalue weighted by Gasteiger charge is -2.25. The van der Waals surface area contributed by atoms with Gasteiger partial charge in [0.1, 0.15) is 5.69 Å². The third-order valence-electron chi connectivity index (χ3n) is 6.86. The molecule has 0 spiro atoms. The first-order valence-corrected chi connectivity index (χ1v) is 13.9. The molecule has 0 aliphatic heterocycles. The van der Waals surface area contributed by atoms with Gasteiger partial charge in [0.15, 0.2) is 0 Å². The molecule has 0 fully saturated rings. The second-order valence-corrected chi connectivity index (χ2v) is 11.5. The van der Waals surface area contributed by atoms with E-state index in [1.165, 1.54) is 29.9 Å². The van der Waals surface area contributed by atoms with Gasteiger partial charge in [0.2, 0.25) is 0 Å². The average molecular weight is 548 g/mol. The molecular weight excluding hydrogens is 514 g/mol. The van der Waals surface area contributed by atoms with Gasteiger partial charge in [-0.15, -0.1) is 0 Å². The number of carbonyl (C=O) groups excluding carboxylic acids is 1. The molecule has 0 saturated heterocycles. The minimum atomic E-state index is -4.15. The number of amides is 1. The van der Waals surface area contributed by atoms with Crippen molar-refractivity contribution in [3.8, 4) is 5.69 Å². The number of likely N-dealkylation sites (N-methyl/N-ethyl adjacent to an activating group) is 1. The Hall–Kier alpha value is -4.15. The van der Waals surface area contributed by atoms with Crippen molar-refractivity contribution in [2.45, 2.75) is 17.9 Å². The zero-order valence-corrected chi connectivity index (χ0v) is 23.5. The second-order valence-electron chi connectivity index (χ2n) is 9.51. The van der Waals surface area contributed by atoms with Crippen LogP contribution in [0.5, 0.6) is 0 Å². The van der Waals surface area contributed by atoms with Crippen molar-refractivity contribution in [1.82, 2.24) is 19.6 Å². The zero-order chi connectivity index (χ0) is 28.3. The molecule has 1 atom stereocenters. The van der Waals surface area contributed by atoms with Crippen LogP contribution in [-0.2, 0) is 17.1 Å². The number of benzene rings is 3. The highest BCUT2D eigenvalue weighted by atomic mass is 32.2. The normalized spacial score (nSPS) is 12.4. The van der Waals surface area contributed by atoms with Crippen molar-refractivity contribution in [2.24, 2.45) is 7.05 Å². The van der Waals surface area contributed by atoms with Gasteiger partial charge in [0.25, 0.3) is 21.5 Å². The van der Waals surface area contributed by atoms with E-state index in [0.29, 0.717) is 17.9 Å². The number of nitrogens with zero attached hydrogens (tertiary/aromatic N) is 4. The third kappa shape index (κ3) is 5.52. The highest BCUT2D eigenvalue weighted by molar-refractivity contribution is 7.92. The van der Waals surface area contributed by atoms with Crippen LogP contribution in [0.4, 0.5) is 5.69 Å². The minimum Gasteiger partial charge on any atom is -0.350 e. The van der Waals surface area contributed by atoms with Crippen molar-refractivity contribution >= 4 is 21.6 Å². The summed E-state index contributed by atoms with van der Waals surface area (Å²) in [4.78, 5) is 28.4. The summed E-state index contributed by atoms with van der Waals surface area (Å²) in [5.74, 6) is -0.389. The molecule has 0 bridgehead atoms. The maximum absolute atomic E-state index is 13.6. The Morgan fingerprint density at radius 2 is 1.54 bits per heavy atom. The predicted octanol–water partition coefficient (Wildman–Crippen LogP) is 3.34. The third-order valence-corrected chi connectivity index (χ3v) is 8.61. The Labute approximate surface area is 228 Å². The van der Waals surface area contributed by atoms with Crippen LogP contribution in [0.2, 0.25) is 0 Å². The first-order chi connectivity index (χ1) is 18.5. The number of hydrogen-bond acceptors (Lipinski definition) is 5. The molecule has 39 heavy (non-hydrogen) atoms. The summed E-state index contributed by atoms with van der Waals surface area (Å²) in [6.07, 6.45) is 0. The number of anilines is 1. The van der Waals surface area contributed by atoms with E-state index >= 15 is 0 Å². The fraction of sp³-hybridized carbons (Fsp3) is 0.241. The lowest BCUT2D eigenvalue weighted by atomic mass is 10.1. The first kappa shape index (κ1) is 27.9. The number of hydrogen-bond donors (Lipinski definition) is 1. The standard InChI is InChI=1S/C29H33N5O4S/c1-21-27(29(36)34(32(21)4)24-16-10-7-11-17-24)33(5)39(37,38)25-18-12-15-23(19-25)28(35)30-20-26(31(2)3)22-13-8-6-9-14-22/h6-19,26H,20H2,1-5H3,(H,30,35)/t26-/m0/s1. The molecule has 1 N–H and O–H groups in total. The first-order valence-electron chi connectivity index (χ1n) is 12.5. The van der Waals surface area contributed by atoms with Crippen LogP contribution in [-0.4, -0.2) is 56.3 Å². The monoisotopic (exact) mass is 547 g/mol. The molecule has 3 aromatic carbocycles. The Bertz CT molecular complexity index is 1630. The van der Waals surface area contributed by atoms with Crippen molar-refractivity contribution < 1.29 is 13.2 Å². The fourth-order valence-corrected chi connectivity index (χ4v) is 5.85. The van der Waals surface area contributed by atoms with E-state index in [1.54, 1.807) is 49.0 Å². The Morgan fingerprint density at radius 1 is 0.923 bits per heavy atom. The summed E-state index contributed by atoms with van der Waals surface area (Å²) < 4.78 is 31.3. The molecule has 1 aromatic heterocycles. The molecule has 9 nitrogen and oxygen atoms in total. The van der Waals surface area contributed by atoms with E-state index in [0.717, 1.165) is 9.87 Å². The number of carbonyl (C=O) groups is 1. The second kappa shape index (κ2) is 11.3. The van der Waals surface area contributed by atoms with Crippen molar-refractivity contribution in [2.75, 3.05) is 32.0 Å². The molecule has 0 aliphatic carbocycles. The molecule has 4 aromatic rings.